The summed E-state index contributed by atoms with van der Waals surface area (Å²) in [5, 5.41) is 10.9. The van der Waals surface area contributed by atoms with E-state index in [1.165, 1.54) is 12.1 Å². The van der Waals surface area contributed by atoms with E-state index in [-0.39, 0.29) is 36.9 Å². The summed E-state index contributed by atoms with van der Waals surface area (Å²) in [5.41, 5.74) is 1.49. The Morgan fingerprint density at radius 3 is 2.38 bits per heavy atom. The number of nitrogens with one attached hydrogen (secondary N) is 1. The maximum absolute atomic E-state index is 12.5. The van der Waals surface area contributed by atoms with Crippen LogP contribution in [0.3, 0.4) is 0 Å². The number of rotatable bonds is 7. The molecule has 8 heteroatoms. The molecule has 0 saturated carbocycles. The van der Waals surface area contributed by atoms with Gasteiger partial charge in [-0.25, -0.2) is 4.79 Å². The number of imide groups is 1. The number of nitriles is 1. The Hall–Kier alpha value is -3.99. The first-order valence-electron chi connectivity index (χ1n) is 8.86. The zero-order valence-electron chi connectivity index (χ0n) is 15.4. The molecular formula is C21H17N3O5. The lowest BCUT2D eigenvalue weighted by Gasteiger charge is -2.14. The Labute approximate surface area is 166 Å². The smallest absolute Gasteiger partial charge is 0.338 e. The van der Waals surface area contributed by atoms with Gasteiger partial charge in [-0.3, -0.25) is 19.3 Å². The number of esters is 1. The molecule has 3 amide bonds. The number of hydrogen-bond donors (Lipinski definition) is 1. The molecule has 2 aromatic rings. The molecule has 2 aromatic carbocycles. The summed E-state index contributed by atoms with van der Waals surface area (Å²) < 4.78 is 4.96. The minimum atomic E-state index is -0.704. The fourth-order valence-electron chi connectivity index (χ4n) is 2.89. The van der Waals surface area contributed by atoms with E-state index in [1.807, 2.05) is 6.07 Å². The highest BCUT2D eigenvalue weighted by atomic mass is 16.5. The van der Waals surface area contributed by atoms with E-state index in [0.717, 1.165) is 4.90 Å². The van der Waals surface area contributed by atoms with Gasteiger partial charge in [0.25, 0.3) is 17.7 Å². The van der Waals surface area contributed by atoms with Gasteiger partial charge in [0.05, 0.1) is 35.7 Å². The summed E-state index contributed by atoms with van der Waals surface area (Å²) in [6.07, 6.45) is 0.166. The van der Waals surface area contributed by atoms with Crippen LogP contribution >= 0.6 is 0 Å². The van der Waals surface area contributed by atoms with Crippen LogP contribution in [0.2, 0.25) is 0 Å². The van der Waals surface area contributed by atoms with Crippen LogP contribution in [0.5, 0.6) is 0 Å². The van der Waals surface area contributed by atoms with E-state index < -0.39 is 18.5 Å². The van der Waals surface area contributed by atoms with Crippen LogP contribution in [-0.2, 0) is 16.1 Å². The Morgan fingerprint density at radius 2 is 1.72 bits per heavy atom. The van der Waals surface area contributed by atoms with E-state index in [1.54, 1.807) is 36.4 Å². The number of fused-ring (bicyclic) bond motifs is 1. The lowest BCUT2D eigenvalue weighted by Crippen LogP contribution is -2.30. The molecule has 8 nitrogen and oxygen atoms in total. The topological polar surface area (TPSA) is 117 Å². The van der Waals surface area contributed by atoms with Gasteiger partial charge in [-0.05, 0) is 29.8 Å². The first-order chi connectivity index (χ1) is 14.0. The number of benzene rings is 2. The summed E-state index contributed by atoms with van der Waals surface area (Å²) in [4.78, 5) is 49.8. The average Bonchev–Trinajstić information content (AvgIpc) is 2.97. The van der Waals surface area contributed by atoms with Crippen LogP contribution in [-0.4, -0.2) is 41.7 Å². The van der Waals surface area contributed by atoms with E-state index in [9.17, 15) is 19.2 Å². The molecule has 3 rings (SSSR count). The van der Waals surface area contributed by atoms with E-state index in [0.29, 0.717) is 16.7 Å². The Bertz CT molecular complexity index is 990. The summed E-state index contributed by atoms with van der Waals surface area (Å²) in [7, 11) is 0. The molecule has 146 valence electrons. The third-order valence-electron chi connectivity index (χ3n) is 4.27. The van der Waals surface area contributed by atoms with Crippen molar-refractivity contribution in [3.8, 4) is 6.07 Å². The van der Waals surface area contributed by atoms with Crippen molar-refractivity contribution in [1.82, 2.24) is 10.2 Å². The molecular weight excluding hydrogens is 374 g/mol. The van der Waals surface area contributed by atoms with Crippen molar-refractivity contribution in [3.05, 3.63) is 70.8 Å². The van der Waals surface area contributed by atoms with Crippen LogP contribution in [0.15, 0.2) is 48.5 Å². The van der Waals surface area contributed by atoms with Gasteiger partial charge in [-0.1, -0.05) is 24.3 Å². The second kappa shape index (κ2) is 8.80. The largest absolute Gasteiger partial charge is 0.452 e. The molecule has 0 aliphatic carbocycles. The van der Waals surface area contributed by atoms with Gasteiger partial charge in [0.1, 0.15) is 0 Å². The molecule has 0 bridgehead atoms. The highest BCUT2D eigenvalue weighted by Gasteiger charge is 2.35. The van der Waals surface area contributed by atoms with Gasteiger partial charge < -0.3 is 10.1 Å². The van der Waals surface area contributed by atoms with Gasteiger partial charge in [-0.15, -0.1) is 0 Å². The summed E-state index contributed by atoms with van der Waals surface area (Å²) in [6, 6.07) is 14.8. The highest BCUT2D eigenvalue weighted by molar-refractivity contribution is 6.21. The van der Waals surface area contributed by atoms with Crippen LogP contribution in [0, 0.1) is 11.3 Å². The number of ether oxygens (including phenoxy) is 1. The predicted molar refractivity (Wildman–Crippen MR) is 101 cm³/mol. The van der Waals surface area contributed by atoms with Gasteiger partial charge in [0.2, 0.25) is 0 Å². The molecule has 1 heterocycles. The number of carbonyl (C=O) groups excluding carboxylic acids is 4. The van der Waals surface area contributed by atoms with Gasteiger partial charge in [0.15, 0.2) is 6.61 Å². The average molecular weight is 391 g/mol. The van der Waals surface area contributed by atoms with Crippen molar-refractivity contribution >= 4 is 23.7 Å². The maximum atomic E-state index is 12.5. The lowest BCUT2D eigenvalue weighted by molar-refractivity contribution is -0.124. The standard InChI is InChI=1S/C21H17N3O5/c22-9-4-10-23-18(25)13-29-21(28)15-6-3-5-14(11-15)12-24-19(26)16-7-1-2-8-17(16)20(24)27/h1-3,5-8,11H,4,10,12-13H2,(H,23,25). The predicted octanol–water partition coefficient (Wildman–Crippen LogP) is 1.67. The quantitative estimate of drug-likeness (QED) is 0.436. The van der Waals surface area contributed by atoms with E-state index in [2.05, 4.69) is 5.32 Å². The Morgan fingerprint density at radius 1 is 1.03 bits per heavy atom. The second-order valence-electron chi connectivity index (χ2n) is 6.28. The second-order valence-corrected chi connectivity index (χ2v) is 6.28. The molecule has 0 spiro atoms. The number of nitrogens with zero attached hydrogens (tertiary/aromatic N) is 2. The zero-order chi connectivity index (χ0) is 20.8. The third-order valence-corrected chi connectivity index (χ3v) is 4.27. The van der Waals surface area contributed by atoms with E-state index >= 15 is 0 Å². The van der Waals surface area contributed by atoms with Gasteiger partial charge in [-0.2, -0.15) is 5.26 Å². The molecule has 1 aliphatic rings. The Kier molecular flexibility index (Phi) is 6.00. The zero-order valence-corrected chi connectivity index (χ0v) is 15.4. The number of carbonyl (C=O) groups is 4. The lowest BCUT2D eigenvalue weighted by atomic mass is 10.1. The first kappa shape index (κ1) is 19.8. The fraction of sp³-hybridized carbons (Fsp3) is 0.190. The molecule has 1 aliphatic heterocycles. The van der Waals surface area contributed by atoms with Crippen molar-refractivity contribution in [1.29, 1.82) is 5.26 Å². The third kappa shape index (κ3) is 4.47. The molecule has 0 radical (unpaired) electrons. The van der Waals surface area contributed by atoms with Crippen LogP contribution < -0.4 is 5.32 Å². The summed E-state index contributed by atoms with van der Waals surface area (Å²) in [5.74, 6) is -1.97. The monoisotopic (exact) mass is 391 g/mol. The Balaban J connectivity index is 1.62. The van der Waals surface area contributed by atoms with Gasteiger partial charge >= 0.3 is 5.97 Å². The van der Waals surface area contributed by atoms with Crippen molar-refractivity contribution in [3.63, 3.8) is 0 Å². The summed E-state index contributed by atoms with van der Waals surface area (Å²) >= 11 is 0. The molecule has 0 aromatic heterocycles. The molecule has 1 N–H and O–H groups in total. The van der Waals surface area contributed by atoms with Crippen LogP contribution in [0.25, 0.3) is 0 Å². The van der Waals surface area contributed by atoms with Crippen molar-refractivity contribution in [2.45, 2.75) is 13.0 Å². The minimum Gasteiger partial charge on any atom is -0.452 e. The van der Waals surface area contributed by atoms with E-state index in [4.69, 9.17) is 10.00 Å². The molecule has 0 saturated heterocycles. The summed E-state index contributed by atoms with van der Waals surface area (Å²) in [6.45, 7) is -0.266. The number of hydrogen-bond acceptors (Lipinski definition) is 6. The van der Waals surface area contributed by atoms with Gasteiger partial charge in [0, 0.05) is 6.54 Å². The molecule has 29 heavy (non-hydrogen) atoms. The molecule has 0 atom stereocenters. The van der Waals surface area contributed by atoms with Crippen molar-refractivity contribution in [2.75, 3.05) is 13.2 Å². The molecule has 0 unspecified atom stereocenters. The first-order valence-corrected chi connectivity index (χ1v) is 8.86. The fourth-order valence-corrected chi connectivity index (χ4v) is 2.89. The van der Waals surface area contributed by atoms with Crippen molar-refractivity contribution in [2.24, 2.45) is 0 Å². The van der Waals surface area contributed by atoms with Crippen LogP contribution in [0.1, 0.15) is 43.1 Å². The highest BCUT2D eigenvalue weighted by Crippen LogP contribution is 2.24. The minimum absolute atomic E-state index is 0.0160. The SMILES string of the molecule is N#CCCNC(=O)COC(=O)c1cccc(CN2C(=O)c3ccccc3C2=O)c1. The van der Waals surface area contributed by atoms with Crippen molar-refractivity contribution < 1.29 is 23.9 Å². The van der Waals surface area contributed by atoms with Crippen LogP contribution in [0.4, 0.5) is 0 Å². The normalized spacial score (nSPS) is 12.3. The number of amides is 3. The molecule has 0 fully saturated rings. The maximum Gasteiger partial charge on any atom is 0.338 e.